The first kappa shape index (κ1) is 12.0. The van der Waals surface area contributed by atoms with Crippen LogP contribution in [0.25, 0.3) is 17.2 Å². The average molecular weight is 242 g/mol. The quantitative estimate of drug-likeness (QED) is 0.835. The lowest BCUT2D eigenvalue weighted by Gasteiger charge is -2.06. The molecule has 90 valence electrons. The van der Waals surface area contributed by atoms with Crippen LogP contribution in [0.5, 0.6) is 0 Å². The number of carboxylic acid groups (broad SMARTS) is 1. The van der Waals surface area contributed by atoms with Gasteiger partial charge < -0.3 is 5.11 Å². The SMILES string of the molecule is O=C(O)/C=C/c1cc(F)ccc1-c1ccccc1. The van der Waals surface area contributed by atoms with Gasteiger partial charge in [-0.05, 0) is 34.9 Å². The third kappa shape index (κ3) is 2.83. The molecule has 0 saturated heterocycles. The molecule has 0 spiro atoms. The molecule has 2 aromatic rings. The van der Waals surface area contributed by atoms with Gasteiger partial charge in [0.1, 0.15) is 5.82 Å². The van der Waals surface area contributed by atoms with E-state index in [9.17, 15) is 9.18 Å². The predicted octanol–water partition coefficient (Wildman–Crippen LogP) is 3.59. The highest BCUT2D eigenvalue weighted by atomic mass is 19.1. The number of rotatable bonds is 3. The highest BCUT2D eigenvalue weighted by Crippen LogP contribution is 2.25. The van der Waals surface area contributed by atoms with Crippen molar-refractivity contribution in [3.8, 4) is 11.1 Å². The number of hydrogen-bond donors (Lipinski definition) is 1. The van der Waals surface area contributed by atoms with Crippen LogP contribution >= 0.6 is 0 Å². The van der Waals surface area contributed by atoms with Crippen LogP contribution in [0.1, 0.15) is 5.56 Å². The molecule has 0 radical (unpaired) electrons. The molecule has 0 heterocycles. The zero-order chi connectivity index (χ0) is 13.0. The maximum atomic E-state index is 13.2. The monoisotopic (exact) mass is 242 g/mol. The third-order valence-electron chi connectivity index (χ3n) is 2.50. The van der Waals surface area contributed by atoms with Crippen molar-refractivity contribution in [1.29, 1.82) is 0 Å². The summed E-state index contributed by atoms with van der Waals surface area (Å²) in [6.45, 7) is 0. The Hall–Kier alpha value is -2.42. The van der Waals surface area contributed by atoms with Crippen LogP contribution in [0.2, 0.25) is 0 Å². The third-order valence-corrected chi connectivity index (χ3v) is 2.50. The molecule has 3 heteroatoms. The van der Waals surface area contributed by atoms with Crippen LogP contribution in [-0.4, -0.2) is 11.1 Å². The van der Waals surface area contributed by atoms with Crippen LogP contribution < -0.4 is 0 Å². The lowest BCUT2D eigenvalue weighted by molar-refractivity contribution is -0.131. The van der Waals surface area contributed by atoms with E-state index in [1.807, 2.05) is 30.3 Å². The maximum absolute atomic E-state index is 13.2. The van der Waals surface area contributed by atoms with Crippen LogP contribution in [0, 0.1) is 5.82 Å². The van der Waals surface area contributed by atoms with Crippen molar-refractivity contribution in [2.75, 3.05) is 0 Å². The zero-order valence-electron chi connectivity index (χ0n) is 9.51. The minimum absolute atomic E-state index is 0.389. The number of benzene rings is 2. The highest BCUT2D eigenvalue weighted by molar-refractivity contribution is 5.87. The Morgan fingerprint density at radius 3 is 2.50 bits per heavy atom. The Labute approximate surface area is 104 Å². The van der Waals surface area contributed by atoms with Gasteiger partial charge in [-0.3, -0.25) is 0 Å². The Kier molecular flexibility index (Phi) is 3.53. The van der Waals surface area contributed by atoms with E-state index in [1.165, 1.54) is 18.2 Å². The Morgan fingerprint density at radius 1 is 1.11 bits per heavy atom. The van der Waals surface area contributed by atoms with Gasteiger partial charge in [-0.2, -0.15) is 0 Å². The van der Waals surface area contributed by atoms with Gasteiger partial charge in [-0.1, -0.05) is 36.4 Å². The summed E-state index contributed by atoms with van der Waals surface area (Å²) in [7, 11) is 0. The van der Waals surface area contributed by atoms with Crippen molar-refractivity contribution in [3.63, 3.8) is 0 Å². The summed E-state index contributed by atoms with van der Waals surface area (Å²) in [5.74, 6) is -1.45. The van der Waals surface area contributed by atoms with Crippen molar-refractivity contribution < 1.29 is 14.3 Å². The summed E-state index contributed by atoms with van der Waals surface area (Å²) < 4.78 is 13.2. The second-order valence-corrected chi connectivity index (χ2v) is 3.77. The zero-order valence-corrected chi connectivity index (χ0v) is 9.51. The summed E-state index contributed by atoms with van der Waals surface area (Å²) in [4.78, 5) is 10.5. The summed E-state index contributed by atoms with van der Waals surface area (Å²) in [6.07, 6.45) is 2.40. The maximum Gasteiger partial charge on any atom is 0.328 e. The number of hydrogen-bond acceptors (Lipinski definition) is 1. The smallest absolute Gasteiger partial charge is 0.328 e. The van der Waals surface area contributed by atoms with E-state index in [-0.39, 0.29) is 5.82 Å². The lowest BCUT2D eigenvalue weighted by Crippen LogP contribution is -1.89. The van der Waals surface area contributed by atoms with Crippen LogP contribution in [0.4, 0.5) is 4.39 Å². The molecule has 2 rings (SSSR count). The van der Waals surface area contributed by atoms with Gasteiger partial charge in [0.2, 0.25) is 0 Å². The standard InChI is InChI=1S/C15H11FO2/c16-13-7-8-14(11-4-2-1-3-5-11)12(10-13)6-9-15(17)18/h1-10H,(H,17,18)/b9-6+. The topological polar surface area (TPSA) is 37.3 Å². The molecular weight excluding hydrogens is 231 g/mol. The van der Waals surface area contributed by atoms with E-state index < -0.39 is 5.97 Å². The summed E-state index contributed by atoms with van der Waals surface area (Å²) in [5.41, 5.74) is 2.26. The Balaban J connectivity index is 2.50. The van der Waals surface area contributed by atoms with E-state index in [4.69, 9.17) is 5.11 Å². The summed E-state index contributed by atoms with van der Waals surface area (Å²) >= 11 is 0. The fourth-order valence-corrected chi connectivity index (χ4v) is 1.71. The first-order valence-electron chi connectivity index (χ1n) is 5.43. The fourth-order valence-electron chi connectivity index (χ4n) is 1.71. The molecule has 0 unspecified atom stereocenters. The molecule has 0 aliphatic heterocycles. The summed E-state index contributed by atoms with van der Waals surface area (Å²) in [5, 5.41) is 8.63. The van der Waals surface area contributed by atoms with E-state index in [0.717, 1.165) is 17.2 Å². The average Bonchev–Trinajstić information content (AvgIpc) is 2.37. The van der Waals surface area contributed by atoms with Gasteiger partial charge in [0.25, 0.3) is 0 Å². The van der Waals surface area contributed by atoms with E-state index in [1.54, 1.807) is 6.07 Å². The van der Waals surface area contributed by atoms with E-state index in [0.29, 0.717) is 5.56 Å². The van der Waals surface area contributed by atoms with Gasteiger partial charge in [0.15, 0.2) is 0 Å². The molecule has 0 aliphatic carbocycles. The van der Waals surface area contributed by atoms with E-state index in [2.05, 4.69) is 0 Å². The minimum atomic E-state index is -1.06. The normalized spacial score (nSPS) is 10.7. The second-order valence-electron chi connectivity index (χ2n) is 3.77. The number of halogens is 1. The number of aliphatic carboxylic acids is 1. The van der Waals surface area contributed by atoms with Crippen LogP contribution in [-0.2, 0) is 4.79 Å². The van der Waals surface area contributed by atoms with Crippen molar-refractivity contribution in [2.45, 2.75) is 0 Å². The molecule has 0 aliphatic rings. The van der Waals surface area contributed by atoms with Gasteiger partial charge in [-0.15, -0.1) is 0 Å². The number of carboxylic acids is 1. The molecule has 0 bridgehead atoms. The van der Waals surface area contributed by atoms with Crippen molar-refractivity contribution in [2.24, 2.45) is 0 Å². The molecule has 2 aromatic carbocycles. The molecule has 0 saturated carbocycles. The molecule has 0 amide bonds. The van der Waals surface area contributed by atoms with Crippen molar-refractivity contribution >= 4 is 12.0 Å². The molecule has 0 fully saturated rings. The molecule has 1 N–H and O–H groups in total. The van der Waals surface area contributed by atoms with Gasteiger partial charge in [0, 0.05) is 6.08 Å². The molecule has 0 aromatic heterocycles. The minimum Gasteiger partial charge on any atom is -0.478 e. The Morgan fingerprint density at radius 2 is 1.83 bits per heavy atom. The predicted molar refractivity (Wildman–Crippen MR) is 68.5 cm³/mol. The first-order chi connectivity index (χ1) is 8.66. The fraction of sp³-hybridized carbons (Fsp3) is 0. The molecular formula is C15H11FO2. The molecule has 18 heavy (non-hydrogen) atoms. The molecule has 0 atom stereocenters. The second kappa shape index (κ2) is 5.27. The number of carbonyl (C=O) groups is 1. The largest absolute Gasteiger partial charge is 0.478 e. The lowest BCUT2D eigenvalue weighted by atomic mass is 9.99. The first-order valence-corrected chi connectivity index (χ1v) is 5.43. The van der Waals surface area contributed by atoms with E-state index >= 15 is 0 Å². The van der Waals surface area contributed by atoms with Crippen molar-refractivity contribution in [3.05, 3.63) is 66.0 Å². The van der Waals surface area contributed by atoms with Crippen molar-refractivity contribution in [1.82, 2.24) is 0 Å². The van der Waals surface area contributed by atoms with Gasteiger partial charge in [0.05, 0.1) is 0 Å². The highest BCUT2D eigenvalue weighted by Gasteiger charge is 2.04. The van der Waals surface area contributed by atoms with Gasteiger partial charge in [-0.25, -0.2) is 9.18 Å². The summed E-state index contributed by atoms with van der Waals surface area (Å²) in [6, 6.07) is 13.8. The molecule has 2 nitrogen and oxygen atoms in total. The van der Waals surface area contributed by atoms with Crippen LogP contribution in [0.3, 0.4) is 0 Å². The van der Waals surface area contributed by atoms with Crippen LogP contribution in [0.15, 0.2) is 54.6 Å². The van der Waals surface area contributed by atoms with Gasteiger partial charge >= 0.3 is 5.97 Å². The Bertz CT molecular complexity index is 589.